The van der Waals surface area contributed by atoms with E-state index in [1.807, 2.05) is 13.2 Å². The molecule has 0 aromatic rings. The maximum atomic E-state index is 12.2. The smallest absolute Gasteiger partial charge is 0.322 e. The third-order valence-electron chi connectivity index (χ3n) is 3.11. The fourth-order valence-electron chi connectivity index (χ4n) is 2.11. The van der Waals surface area contributed by atoms with Crippen LogP contribution in [0.15, 0.2) is 0 Å². The maximum absolute atomic E-state index is 12.2. The quantitative estimate of drug-likeness (QED) is 0.725. The monoisotopic (exact) mass is 310 g/mol. The Morgan fingerprint density at radius 3 is 2.79 bits per heavy atom. The zero-order valence-electron chi connectivity index (χ0n) is 11.3. The Morgan fingerprint density at radius 2 is 2.21 bits per heavy atom. The molecule has 1 aliphatic heterocycles. The van der Waals surface area contributed by atoms with Crippen molar-refractivity contribution in [3.8, 4) is 0 Å². The van der Waals surface area contributed by atoms with E-state index in [2.05, 4.69) is 4.72 Å². The average molecular weight is 310 g/mol. The van der Waals surface area contributed by atoms with Gasteiger partial charge < -0.3 is 5.11 Å². The van der Waals surface area contributed by atoms with Crippen molar-refractivity contribution in [2.75, 3.05) is 25.1 Å². The summed E-state index contributed by atoms with van der Waals surface area (Å²) in [6.07, 6.45) is 3.82. The number of nitrogens with one attached hydrogen (secondary N) is 1. The highest BCUT2D eigenvalue weighted by molar-refractivity contribution is 7.98. The number of piperidine rings is 1. The lowest BCUT2D eigenvalue weighted by atomic mass is 10.1. The molecule has 0 amide bonds. The molecule has 2 atom stereocenters. The van der Waals surface area contributed by atoms with E-state index in [0.717, 1.165) is 16.5 Å². The summed E-state index contributed by atoms with van der Waals surface area (Å²) in [6.45, 7) is 2.58. The van der Waals surface area contributed by atoms with Gasteiger partial charge in [0.2, 0.25) is 0 Å². The molecular weight excluding hydrogens is 288 g/mol. The second kappa shape index (κ2) is 7.47. The number of carboxylic acid groups (broad SMARTS) is 1. The summed E-state index contributed by atoms with van der Waals surface area (Å²) in [7, 11) is -3.70. The highest BCUT2D eigenvalue weighted by Crippen LogP contribution is 2.20. The molecule has 0 bridgehead atoms. The minimum absolute atomic E-state index is 0.220. The minimum Gasteiger partial charge on any atom is -0.480 e. The molecule has 19 heavy (non-hydrogen) atoms. The van der Waals surface area contributed by atoms with Crippen molar-refractivity contribution in [2.24, 2.45) is 5.92 Å². The first-order chi connectivity index (χ1) is 8.88. The van der Waals surface area contributed by atoms with Crippen molar-refractivity contribution < 1.29 is 18.3 Å². The van der Waals surface area contributed by atoms with E-state index < -0.39 is 22.2 Å². The topological polar surface area (TPSA) is 86.7 Å². The van der Waals surface area contributed by atoms with Gasteiger partial charge in [-0.1, -0.05) is 6.92 Å². The van der Waals surface area contributed by atoms with Crippen molar-refractivity contribution >= 4 is 27.9 Å². The van der Waals surface area contributed by atoms with E-state index >= 15 is 0 Å². The Balaban J connectivity index is 2.66. The van der Waals surface area contributed by atoms with Gasteiger partial charge in [-0.15, -0.1) is 0 Å². The number of rotatable bonds is 7. The van der Waals surface area contributed by atoms with E-state index in [4.69, 9.17) is 5.11 Å². The molecule has 0 spiro atoms. The Morgan fingerprint density at radius 1 is 1.53 bits per heavy atom. The fourth-order valence-corrected chi connectivity index (χ4v) is 4.36. The predicted octanol–water partition coefficient (Wildman–Crippen LogP) is 0.759. The molecule has 0 radical (unpaired) electrons. The lowest BCUT2D eigenvalue weighted by Crippen LogP contribution is -2.52. The zero-order chi connectivity index (χ0) is 14.5. The molecule has 0 aromatic carbocycles. The standard InChI is InChI=1S/C11H22N2O4S2/c1-9(8-18-2)7-12-19(16,17)13-6-4-3-5-10(13)11(14)15/h9-10,12H,3-8H2,1-2H3,(H,14,15). The Hall–Kier alpha value is -0.310. The predicted molar refractivity (Wildman–Crippen MR) is 76.4 cm³/mol. The van der Waals surface area contributed by atoms with E-state index in [0.29, 0.717) is 19.4 Å². The van der Waals surface area contributed by atoms with Gasteiger partial charge in [0.05, 0.1) is 0 Å². The van der Waals surface area contributed by atoms with Crippen LogP contribution in [0.1, 0.15) is 26.2 Å². The fraction of sp³-hybridized carbons (Fsp3) is 0.909. The zero-order valence-corrected chi connectivity index (χ0v) is 13.0. The van der Waals surface area contributed by atoms with Gasteiger partial charge in [0, 0.05) is 13.1 Å². The van der Waals surface area contributed by atoms with Crippen LogP contribution in [0, 0.1) is 5.92 Å². The van der Waals surface area contributed by atoms with Crippen LogP contribution in [0.5, 0.6) is 0 Å². The molecule has 1 saturated heterocycles. The third-order valence-corrected chi connectivity index (χ3v) is 5.60. The molecule has 1 aliphatic rings. The van der Waals surface area contributed by atoms with Gasteiger partial charge in [0.15, 0.2) is 0 Å². The summed E-state index contributed by atoms with van der Waals surface area (Å²) in [6, 6.07) is -0.929. The molecule has 0 aliphatic carbocycles. The summed E-state index contributed by atoms with van der Waals surface area (Å²) < 4.78 is 27.9. The number of carboxylic acids is 1. The number of hydrogen-bond donors (Lipinski definition) is 2. The van der Waals surface area contributed by atoms with Gasteiger partial charge in [-0.2, -0.15) is 24.5 Å². The van der Waals surface area contributed by atoms with Crippen LogP contribution >= 0.6 is 11.8 Å². The maximum Gasteiger partial charge on any atom is 0.322 e. The Kier molecular flexibility index (Phi) is 6.58. The van der Waals surface area contributed by atoms with Crippen LogP contribution in [-0.4, -0.2) is 54.9 Å². The Bertz CT molecular complexity index is 399. The van der Waals surface area contributed by atoms with Crippen LogP contribution < -0.4 is 4.72 Å². The molecule has 112 valence electrons. The first-order valence-electron chi connectivity index (χ1n) is 6.36. The minimum atomic E-state index is -3.70. The molecular formula is C11H22N2O4S2. The summed E-state index contributed by atoms with van der Waals surface area (Å²) in [5.74, 6) is 0.0188. The lowest BCUT2D eigenvalue weighted by molar-refractivity contribution is -0.142. The van der Waals surface area contributed by atoms with E-state index in [9.17, 15) is 13.2 Å². The normalized spacial score (nSPS) is 23.2. The SMILES string of the molecule is CSCC(C)CNS(=O)(=O)N1CCCCC1C(=O)O. The third kappa shape index (κ3) is 4.94. The van der Waals surface area contributed by atoms with E-state index in [1.165, 1.54) is 0 Å². The molecule has 2 unspecified atom stereocenters. The largest absolute Gasteiger partial charge is 0.480 e. The summed E-state index contributed by atoms with van der Waals surface area (Å²) in [5, 5.41) is 9.10. The van der Waals surface area contributed by atoms with E-state index in [1.54, 1.807) is 11.8 Å². The van der Waals surface area contributed by atoms with Gasteiger partial charge in [0.25, 0.3) is 10.2 Å². The molecule has 0 saturated carbocycles. The van der Waals surface area contributed by atoms with E-state index in [-0.39, 0.29) is 12.5 Å². The van der Waals surface area contributed by atoms with Crippen LogP contribution in [-0.2, 0) is 15.0 Å². The molecule has 6 nitrogen and oxygen atoms in total. The number of nitrogens with zero attached hydrogens (tertiary/aromatic N) is 1. The van der Waals surface area contributed by atoms with Gasteiger partial charge in [0.1, 0.15) is 6.04 Å². The summed E-state index contributed by atoms with van der Waals surface area (Å²) in [5.41, 5.74) is 0. The summed E-state index contributed by atoms with van der Waals surface area (Å²) >= 11 is 1.66. The molecule has 2 N–H and O–H groups in total. The number of thioether (sulfide) groups is 1. The molecule has 1 heterocycles. The van der Waals surface area contributed by atoms with Crippen molar-refractivity contribution in [3.05, 3.63) is 0 Å². The first-order valence-corrected chi connectivity index (χ1v) is 9.20. The van der Waals surface area contributed by atoms with Crippen molar-refractivity contribution in [1.82, 2.24) is 9.03 Å². The molecule has 1 rings (SSSR count). The Labute approximate surface area is 119 Å². The van der Waals surface area contributed by atoms with Crippen molar-refractivity contribution in [3.63, 3.8) is 0 Å². The second-order valence-corrected chi connectivity index (χ2v) is 7.49. The second-order valence-electron chi connectivity index (χ2n) is 4.87. The highest BCUT2D eigenvalue weighted by Gasteiger charge is 2.36. The number of aliphatic carboxylic acids is 1. The van der Waals surface area contributed by atoms with Crippen molar-refractivity contribution in [2.45, 2.75) is 32.2 Å². The first kappa shape index (κ1) is 16.7. The molecule has 0 aromatic heterocycles. The number of hydrogen-bond acceptors (Lipinski definition) is 4. The van der Waals surface area contributed by atoms with Gasteiger partial charge >= 0.3 is 5.97 Å². The van der Waals surface area contributed by atoms with Crippen LogP contribution in [0.3, 0.4) is 0 Å². The highest BCUT2D eigenvalue weighted by atomic mass is 32.2. The number of carbonyl (C=O) groups is 1. The van der Waals surface area contributed by atoms with Crippen LogP contribution in [0.4, 0.5) is 0 Å². The summed E-state index contributed by atoms with van der Waals surface area (Å²) in [4.78, 5) is 11.1. The average Bonchev–Trinajstić information content (AvgIpc) is 2.37. The van der Waals surface area contributed by atoms with Crippen LogP contribution in [0.25, 0.3) is 0 Å². The van der Waals surface area contributed by atoms with Gasteiger partial charge in [-0.25, -0.2) is 4.72 Å². The molecule has 1 fully saturated rings. The van der Waals surface area contributed by atoms with Crippen molar-refractivity contribution in [1.29, 1.82) is 0 Å². The van der Waals surface area contributed by atoms with Crippen LogP contribution in [0.2, 0.25) is 0 Å². The van der Waals surface area contributed by atoms with Gasteiger partial charge in [-0.3, -0.25) is 4.79 Å². The molecule has 8 heteroatoms. The lowest BCUT2D eigenvalue weighted by Gasteiger charge is -2.32. The van der Waals surface area contributed by atoms with Gasteiger partial charge in [-0.05, 0) is 37.2 Å².